The van der Waals surface area contributed by atoms with Crippen LogP contribution in [0.5, 0.6) is 0 Å². The number of nitrogens with one attached hydrogen (secondary N) is 1. The second-order valence-corrected chi connectivity index (χ2v) is 9.79. The van der Waals surface area contributed by atoms with Crippen LogP contribution >= 0.6 is 15.9 Å². The maximum Gasteiger partial charge on any atom is 0.244 e. The normalized spacial score (nSPS) is 17.9. The maximum absolute atomic E-state index is 13.2. The van der Waals surface area contributed by atoms with Gasteiger partial charge in [-0.05, 0) is 90.5 Å². The number of hydrogen-bond acceptors (Lipinski definition) is 3. The number of carbonyl (C=O) groups excluding carboxylic acids is 1. The highest BCUT2D eigenvalue weighted by Crippen LogP contribution is 2.31. The van der Waals surface area contributed by atoms with E-state index >= 15 is 0 Å². The van der Waals surface area contributed by atoms with Crippen molar-refractivity contribution in [3.05, 3.63) is 57.6 Å². The molecule has 0 saturated carbocycles. The highest BCUT2D eigenvalue weighted by molar-refractivity contribution is 9.10. The molecule has 1 aliphatic heterocycles. The fraction of sp³-hybridized carbons (Fsp3) is 0.350. The number of amides is 1. The van der Waals surface area contributed by atoms with Gasteiger partial charge in [-0.3, -0.25) is 4.79 Å². The Bertz CT molecular complexity index is 968. The second-order valence-electron chi connectivity index (χ2n) is 7.07. The molecule has 0 aromatic heterocycles. The number of nitrogens with zero attached hydrogens (tertiary/aromatic N) is 1. The zero-order chi connectivity index (χ0) is 19.8. The summed E-state index contributed by atoms with van der Waals surface area (Å²) in [5.74, 6) is -0.288. The summed E-state index contributed by atoms with van der Waals surface area (Å²) in [6.45, 7) is 6.17. The Morgan fingerprint density at radius 1 is 1.07 bits per heavy atom. The second kappa shape index (κ2) is 7.73. The molecular weight excluding hydrogens is 428 g/mol. The number of rotatable bonds is 4. The first-order chi connectivity index (χ1) is 12.7. The van der Waals surface area contributed by atoms with Crippen molar-refractivity contribution < 1.29 is 13.2 Å². The summed E-state index contributed by atoms with van der Waals surface area (Å²) in [5.41, 5.74) is 3.75. The van der Waals surface area contributed by atoms with Gasteiger partial charge in [0.25, 0.3) is 0 Å². The van der Waals surface area contributed by atoms with Gasteiger partial charge < -0.3 is 5.32 Å². The van der Waals surface area contributed by atoms with Gasteiger partial charge in [-0.2, -0.15) is 4.31 Å². The van der Waals surface area contributed by atoms with Crippen molar-refractivity contribution >= 4 is 37.5 Å². The molecule has 7 heteroatoms. The average Bonchev–Trinajstić information content (AvgIpc) is 3.04. The molecule has 1 aliphatic rings. The standard InChI is InChI=1S/C20H23BrN2O3S/c1-13-6-7-19(17(21)12-13)27(25,26)23-8-4-5-18(23)20(24)22-16-10-14(2)9-15(3)11-16/h6-7,9-12,18H,4-5,8H2,1-3H3,(H,22,24)/t18-/m0/s1. The number of aryl methyl sites for hydroxylation is 3. The van der Waals surface area contributed by atoms with Crippen LogP contribution in [-0.2, 0) is 14.8 Å². The lowest BCUT2D eigenvalue weighted by molar-refractivity contribution is -0.119. The monoisotopic (exact) mass is 450 g/mol. The van der Waals surface area contributed by atoms with Crippen LogP contribution in [0.3, 0.4) is 0 Å². The van der Waals surface area contributed by atoms with Crippen LogP contribution in [0, 0.1) is 20.8 Å². The highest BCUT2D eigenvalue weighted by Gasteiger charge is 2.40. The van der Waals surface area contributed by atoms with Gasteiger partial charge in [0.15, 0.2) is 0 Å². The fourth-order valence-corrected chi connectivity index (χ4v) is 6.31. The third-order valence-electron chi connectivity index (χ3n) is 4.67. The number of benzene rings is 2. The molecule has 0 aliphatic carbocycles. The Morgan fingerprint density at radius 3 is 2.37 bits per heavy atom. The summed E-state index contributed by atoms with van der Waals surface area (Å²) in [5, 5.41) is 2.89. The van der Waals surface area contributed by atoms with E-state index in [1.807, 2.05) is 39.0 Å². The molecule has 1 saturated heterocycles. The minimum Gasteiger partial charge on any atom is -0.325 e. The van der Waals surface area contributed by atoms with Crippen molar-refractivity contribution in [3.8, 4) is 0 Å². The quantitative estimate of drug-likeness (QED) is 0.759. The fourth-order valence-electron chi connectivity index (χ4n) is 3.50. The zero-order valence-electron chi connectivity index (χ0n) is 15.6. The van der Waals surface area contributed by atoms with Gasteiger partial charge in [0.05, 0.1) is 4.90 Å². The first kappa shape index (κ1) is 20.0. The zero-order valence-corrected chi connectivity index (χ0v) is 18.0. The van der Waals surface area contributed by atoms with Crippen molar-refractivity contribution in [1.29, 1.82) is 0 Å². The van der Waals surface area contributed by atoms with E-state index in [0.717, 1.165) is 16.7 Å². The molecule has 2 aromatic carbocycles. The first-order valence-corrected chi connectivity index (χ1v) is 11.1. The molecule has 27 heavy (non-hydrogen) atoms. The van der Waals surface area contributed by atoms with Crippen LogP contribution in [0.15, 0.2) is 45.8 Å². The van der Waals surface area contributed by atoms with Crippen LogP contribution < -0.4 is 5.32 Å². The van der Waals surface area contributed by atoms with E-state index in [-0.39, 0.29) is 10.8 Å². The first-order valence-electron chi connectivity index (χ1n) is 8.85. The molecule has 0 spiro atoms. The number of halogens is 1. The van der Waals surface area contributed by atoms with Crippen LogP contribution in [0.2, 0.25) is 0 Å². The van der Waals surface area contributed by atoms with E-state index < -0.39 is 16.1 Å². The lowest BCUT2D eigenvalue weighted by atomic mass is 10.1. The highest BCUT2D eigenvalue weighted by atomic mass is 79.9. The smallest absolute Gasteiger partial charge is 0.244 e. The molecular formula is C20H23BrN2O3S. The SMILES string of the molecule is Cc1cc(C)cc(NC(=O)[C@@H]2CCCN2S(=O)(=O)c2ccc(C)cc2Br)c1. The molecule has 1 N–H and O–H groups in total. The summed E-state index contributed by atoms with van der Waals surface area (Å²) < 4.78 is 28.2. The summed E-state index contributed by atoms with van der Waals surface area (Å²) in [6.07, 6.45) is 1.17. The Morgan fingerprint density at radius 2 is 1.74 bits per heavy atom. The van der Waals surface area contributed by atoms with Crippen LogP contribution in [0.1, 0.15) is 29.5 Å². The molecule has 1 atom stereocenters. The van der Waals surface area contributed by atoms with E-state index in [1.54, 1.807) is 18.2 Å². The van der Waals surface area contributed by atoms with Crippen molar-refractivity contribution in [1.82, 2.24) is 4.31 Å². The largest absolute Gasteiger partial charge is 0.325 e. The Labute approximate surface area is 169 Å². The van der Waals surface area contributed by atoms with E-state index in [9.17, 15) is 13.2 Å². The molecule has 0 unspecified atom stereocenters. The Kier molecular flexibility index (Phi) is 5.74. The molecule has 1 heterocycles. The van der Waals surface area contributed by atoms with Gasteiger partial charge in [0.2, 0.25) is 15.9 Å². The molecule has 1 amide bonds. The van der Waals surface area contributed by atoms with Crippen LogP contribution in [0.4, 0.5) is 5.69 Å². The summed E-state index contributed by atoms with van der Waals surface area (Å²) in [7, 11) is -3.76. The number of anilines is 1. The van der Waals surface area contributed by atoms with Crippen LogP contribution in [-0.4, -0.2) is 31.2 Å². The lowest BCUT2D eigenvalue weighted by Gasteiger charge is -2.24. The third kappa shape index (κ3) is 4.25. The van der Waals surface area contributed by atoms with E-state index in [0.29, 0.717) is 29.5 Å². The van der Waals surface area contributed by atoms with Gasteiger partial charge in [0.1, 0.15) is 6.04 Å². The van der Waals surface area contributed by atoms with Crippen molar-refractivity contribution in [2.75, 3.05) is 11.9 Å². The molecule has 1 fully saturated rings. The van der Waals surface area contributed by atoms with Gasteiger partial charge in [0, 0.05) is 16.7 Å². The van der Waals surface area contributed by atoms with Gasteiger partial charge >= 0.3 is 0 Å². The predicted octanol–water partition coefficient (Wildman–Crippen LogP) is 4.17. The minimum atomic E-state index is -3.76. The predicted molar refractivity (Wildman–Crippen MR) is 110 cm³/mol. The average molecular weight is 451 g/mol. The maximum atomic E-state index is 13.2. The third-order valence-corrected chi connectivity index (χ3v) is 7.55. The van der Waals surface area contributed by atoms with Crippen molar-refractivity contribution in [3.63, 3.8) is 0 Å². The van der Waals surface area contributed by atoms with Crippen molar-refractivity contribution in [2.24, 2.45) is 0 Å². The van der Waals surface area contributed by atoms with Crippen molar-refractivity contribution in [2.45, 2.75) is 44.6 Å². The van der Waals surface area contributed by atoms with Gasteiger partial charge in [-0.25, -0.2) is 8.42 Å². The molecule has 0 bridgehead atoms. The van der Waals surface area contributed by atoms with E-state index in [2.05, 4.69) is 21.2 Å². The Balaban J connectivity index is 1.86. The lowest BCUT2D eigenvalue weighted by Crippen LogP contribution is -2.43. The molecule has 144 valence electrons. The topological polar surface area (TPSA) is 66.5 Å². The van der Waals surface area contributed by atoms with Crippen LogP contribution in [0.25, 0.3) is 0 Å². The summed E-state index contributed by atoms with van der Waals surface area (Å²) >= 11 is 3.35. The molecule has 5 nitrogen and oxygen atoms in total. The number of carbonyl (C=O) groups is 1. The summed E-state index contributed by atoms with van der Waals surface area (Å²) in [4.78, 5) is 13.0. The summed E-state index contributed by atoms with van der Waals surface area (Å²) in [6, 6.07) is 10.2. The Hall–Kier alpha value is -1.70. The van der Waals surface area contributed by atoms with E-state index in [1.165, 1.54) is 4.31 Å². The van der Waals surface area contributed by atoms with Gasteiger partial charge in [-0.1, -0.05) is 12.1 Å². The number of hydrogen-bond donors (Lipinski definition) is 1. The number of sulfonamides is 1. The minimum absolute atomic E-state index is 0.194. The molecule has 3 rings (SSSR count). The molecule has 0 radical (unpaired) electrons. The van der Waals surface area contributed by atoms with Gasteiger partial charge in [-0.15, -0.1) is 0 Å². The van der Waals surface area contributed by atoms with E-state index in [4.69, 9.17) is 0 Å². The molecule has 2 aromatic rings.